The van der Waals surface area contributed by atoms with Gasteiger partial charge in [0.25, 0.3) is 0 Å². The van der Waals surface area contributed by atoms with Crippen LogP contribution in [0.25, 0.3) is 0 Å². The first-order chi connectivity index (χ1) is 12.0. The number of piperidine rings is 1. The van der Waals surface area contributed by atoms with Crippen LogP contribution in [0.4, 0.5) is 5.69 Å². The lowest BCUT2D eigenvalue weighted by molar-refractivity contribution is 0.143. The van der Waals surface area contributed by atoms with Crippen LogP contribution in [0.5, 0.6) is 11.5 Å². The van der Waals surface area contributed by atoms with Gasteiger partial charge in [-0.1, -0.05) is 13.8 Å². The zero-order valence-corrected chi connectivity index (χ0v) is 16.1. The minimum atomic E-state index is 0.694. The van der Waals surface area contributed by atoms with Gasteiger partial charge in [-0.25, -0.2) is 0 Å². The van der Waals surface area contributed by atoms with Gasteiger partial charge in [-0.2, -0.15) is 0 Å². The van der Waals surface area contributed by atoms with Crippen molar-refractivity contribution in [1.82, 2.24) is 10.2 Å². The average Bonchev–Trinajstić information content (AvgIpc) is 2.59. The van der Waals surface area contributed by atoms with Crippen LogP contribution in [0, 0.1) is 11.8 Å². The Bertz CT molecular complexity index is 567. The molecule has 2 atom stereocenters. The molecule has 1 saturated heterocycles. The molecule has 0 bridgehead atoms. The summed E-state index contributed by atoms with van der Waals surface area (Å²) < 4.78 is 10.6. The van der Waals surface area contributed by atoms with E-state index in [0.717, 1.165) is 36.6 Å². The van der Waals surface area contributed by atoms with E-state index in [2.05, 4.69) is 34.4 Å². The number of guanidine groups is 1. The number of nitrogens with zero attached hydrogens (tertiary/aromatic N) is 2. The minimum Gasteiger partial charge on any atom is -0.493 e. The molecule has 1 aliphatic rings. The number of ether oxygens (including phenoxy) is 2. The summed E-state index contributed by atoms with van der Waals surface area (Å²) in [7, 11) is 5.05. The van der Waals surface area contributed by atoms with E-state index in [9.17, 15) is 0 Å². The molecular formula is C19H32N4O2. The Hall–Kier alpha value is -1.95. The van der Waals surface area contributed by atoms with E-state index in [1.165, 1.54) is 19.5 Å². The van der Waals surface area contributed by atoms with E-state index in [0.29, 0.717) is 11.5 Å². The molecule has 1 aromatic carbocycles. The van der Waals surface area contributed by atoms with Gasteiger partial charge in [0.2, 0.25) is 0 Å². The summed E-state index contributed by atoms with van der Waals surface area (Å²) in [6, 6.07) is 5.73. The number of methoxy groups -OCH3 is 2. The number of rotatable bonds is 6. The quantitative estimate of drug-likeness (QED) is 0.611. The third-order valence-electron chi connectivity index (χ3n) is 4.53. The highest BCUT2D eigenvalue weighted by atomic mass is 16.5. The maximum atomic E-state index is 5.34. The average molecular weight is 348 g/mol. The van der Waals surface area contributed by atoms with Crippen molar-refractivity contribution in [2.75, 3.05) is 52.8 Å². The van der Waals surface area contributed by atoms with Crippen molar-refractivity contribution in [3.05, 3.63) is 18.2 Å². The molecule has 2 N–H and O–H groups in total. The maximum absolute atomic E-state index is 5.34. The van der Waals surface area contributed by atoms with Crippen LogP contribution in [0.3, 0.4) is 0 Å². The highest BCUT2D eigenvalue weighted by Crippen LogP contribution is 2.29. The van der Waals surface area contributed by atoms with Gasteiger partial charge in [-0.3, -0.25) is 4.99 Å². The fourth-order valence-corrected chi connectivity index (χ4v) is 3.54. The summed E-state index contributed by atoms with van der Waals surface area (Å²) in [5, 5.41) is 6.68. The molecule has 0 saturated carbocycles. The summed E-state index contributed by atoms with van der Waals surface area (Å²) >= 11 is 0. The van der Waals surface area contributed by atoms with E-state index in [1.54, 1.807) is 21.3 Å². The monoisotopic (exact) mass is 348 g/mol. The van der Waals surface area contributed by atoms with Gasteiger partial charge < -0.3 is 25.0 Å². The Kier molecular flexibility index (Phi) is 7.37. The first kappa shape index (κ1) is 19.4. The lowest BCUT2D eigenvalue weighted by atomic mass is 9.92. The van der Waals surface area contributed by atoms with Crippen molar-refractivity contribution in [3.8, 4) is 11.5 Å². The molecule has 0 aromatic heterocycles. The second kappa shape index (κ2) is 9.51. The topological polar surface area (TPSA) is 58.1 Å². The van der Waals surface area contributed by atoms with Gasteiger partial charge in [-0.05, 0) is 30.4 Å². The van der Waals surface area contributed by atoms with Crippen molar-refractivity contribution < 1.29 is 9.47 Å². The Morgan fingerprint density at radius 1 is 1.16 bits per heavy atom. The van der Waals surface area contributed by atoms with Crippen LogP contribution in [-0.4, -0.2) is 58.3 Å². The summed E-state index contributed by atoms with van der Waals surface area (Å²) in [5.74, 6) is 3.73. The van der Waals surface area contributed by atoms with Crippen LogP contribution in [0.2, 0.25) is 0 Å². The molecular weight excluding hydrogens is 316 g/mol. The molecule has 1 aliphatic heterocycles. The molecule has 1 heterocycles. The summed E-state index contributed by atoms with van der Waals surface area (Å²) in [5.41, 5.74) is 0.908. The Balaban J connectivity index is 1.84. The lowest BCUT2D eigenvalue weighted by Crippen LogP contribution is -2.43. The van der Waals surface area contributed by atoms with Crippen LogP contribution >= 0.6 is 0 Å². The molecule has 2 unspecified atom stereocenters. The molecule has 0 aliphatic carbocycles. The van der Waals surface area contributed by atoms with Gasteiger partial charge in [-0.15, -0.1) is 0 Å². The lowest BCUT2D eigenvalue weighted by Gasteiger charge is -2.35. The molecule has 1 fully saturated rings. The SMILES string of the molecule is CN=C(NCCN1CC(C)CC(C)C1)Nc1ccc(OC)c(OC)c1. The van der Waals surface area contributed by atoms with Crippen LogP contribution in [-0.2, 0) is 0 Å². The largest absolute Gasteiger partial charge is 0.493 e. The van der Waals surface area contributed by atoms with Gasteiger partial charge in [0.1, 0.15) is 0 Å². The number of aliphatic imine (C=N–C) groups is 1. The van der Waals surface area contributed by atoms with Crippen LogP contribution in [0.1, 0.15) is 20.3 Å². The standard InChI is InChI=1S/C19H32N4O2/c1-14-10-15(2)13-23(12-14)9-8-21-19(20-3)22-16-6-7-17(24-4)18(11-16)25-5/h6-7,11,14-15H,8-10,12-13H2,1-5H3,(H2,20,21,22). The highest BCUT2D eigenvalue weighted by molar-refractivity contribution is 5.93. The van der Waals surface area contributed by atoms with E-state index in [4.69, 9.17) is 9.47 Å². The molecule has 0 amide bonds. The van der Waals surface area contributed by atoms with Crippen molar-refractivity contribution in [1.29, 1.82) is 0 Å². The van der Waals surface area contributed by atoms with E-state index in [-0.39, 0.29) is 0 Å². The Morgan fingerprint density at radius 2 is 1.84 bits per heavy atom. The summed E-state index contributed by atoms with van der Waals surface area (Å²) in [6.45, 7) is 8.95. The maximum Gasteiger partial charge on any atom is 0.195 e. The number of likely N-dealkylation sites (tertiary alicyclic amines) is 1. The molecule has 1 aromatic rings. The summed E-state index contributed by atoms with van der Waals surface area (Å²) in [4.78, 5) is 6.84. The number of nitrogens with one attached hydrogen (secondary N) is 2. The molecule has 2 rings (SSSR count). The van der Waals surface area contributed by atoms with Crippen molar-refractivity contribution in [2.24, 2.45) is 16.8 Å². The number of hydrogen-bond acceptors (Lipinski definition) is 4. The van der Waals surface area contributed by atoms with Crippen molar-refractivity contribution >= 4 is 11.6 Å². The Labute approximate surface area is 151 Å². The predicted octanol–water partition coefficient (Wildman–Crippen LogP) is 2.67. The van der Waals surface area contributed by atoms with Gasteiger partial charge in [0.15, 0.2) is 17.5 Å². The molecule has 6 nitrogen and oxygen atoms in total. The first-order valence-corrected chi connectivity index (χ1v) is 8.97. The fraction of sp³-hybridized carbons (Fsp3) is 0.632. The van der Waals surface area contributed by atoms with Crippen molar-refractivity contribution in [3.63, 3.8) is 0 Å². The molecule has 6 heteroatoms. The van der Waals surface area contributed by atoms with Gasteiger partial charge in [0.05, 0.1) is 14.2 Å². The fourth-order valence-electron chi connectivity index (χ4n) is 3.54. The van der Waals surface area contributed by atoms with E-state index >= 15 is 0 Å². The third kappa shape index (κ3) is 5.81. The smallest absolute Gasteiger partial charge is 0.195 e. The second-order valence-corrected chi connectivity index (χ2v) is 6.90. The zero-order chi connectivity index (χ0) is 18.2. The summed E-state index contributed by atoms with van der Waals surface area (Å²) in [6.07, 6.45) is 1.34. The Morgan fingerprint density at radius 3 is 2.44 bits per heavy atom. The minimum absolute atomic E-state index is 0.694. The second-order valence-electron chi connectivity index (χ2n) is 6.90. The molecule has 140 valence electrons. The third-order valence-corrected chi connectivity index (χ3v) is 4.53. The van der Waals surface area contributed by atoms with Crippen LogP contribution < -0.4 is 20.1 Å². The van der Waals surface area contributed by atoms with Gasteiger partial charge in [0, 0.05) is 45.0 Å². The van der Waals surface area contributed by atoms with Crippen LogP contribution in [0.15, 0.2) is 23.2 Å². The number of benzene rings is 1. The molecule has 25 heavy (non-hydrogen) atoms. The molecule has 0 spiro atoms. The van der Waals surface area contributed by atoms with E-state index < -0.39 is 0 Å². The predicted molar refractivity (Wildman–Crippen MR) is 104 cm³/mol. The van der Waals surface area contributed by atoms with E-state index in [1.807, 2.05) is 18.2 Å². The van der Waals surface area contributed by atoms with Crippen molar-refractivity contribution in [2.45, 2.75) is 20.3 Å². The first-order valence-electron chi connectivity index (χ1n) is 8.97. The normalized spacial score (nSPS) is 21.7. The number of hydrogen-bond donors (Lipinski definition) is 2. The molecule has 0 radical (unpaired) electrons. The highest BCUT2D eigenvalue weighted by Gasteiger charge is 2.21. The zero-order valence-electron chi connectivity index (χ0n) is 16.1. The number of anilines is 1. The van der Waals surface area contributed by atoms with Gasteiger partial charge >= 0.3 is 0 Å².